The summed E-state index contributed by atoms with van der Waals surface area (Å²) in [6.45, 7) is 7.49. The molecule has 0 fully saturated rings. The van der Waals surface area contributed by atoms with E-state index >= 15 is 0 Å². The first kappa shape index (κ1) is 24.7. The van der Waals surface area contributed by atoms with Crippen molar-refractivity contribution >= 4 is 16.0 Å². The minimum absolute atomic E-state index is 0.0372. The standard InChI is InChI=1S/C22H26F3NO4S/c1-5-16(4)26(21(27)15(2)3)14-17-9-6-7-12-20(17)30-31(28,29)19-11-8-10-18(13-19)22(23,24)25/h6-13,15-16H,5,14H2,1-4H3/t16-/m0/s1. The predicted octanol–water partition coefficient (Wildman–Crippen LogP) is 5.26. The summed E-state index contributed by atoms with van der Waals surface area (Å²) >= 11 is 0. The first-order valence-electron chi connectivity index (χ1n) is 9.87. The van der Waals surface area contributed by atoms with Crippen LogP contribution in [-0.2, 0) is 27.6 Å². The number of benzene rings is 2. The molecule has 0 aromatic heterocycles. The van der Waals surface area contributed by atoms with Gasteiger partial charge in [0.1, 0.15) is 10.6 Å². The summed E-state index contributed by atoms with van der Waals surface area (Å²) in [6.07, 6.45) is -3.98. The van der Waals surface area contributed by atoms with Crippen molar-refractivity contribution in [1.82, 2.24) is 4.90 Å². The molecule has 0 aliphatic rings. The number of halogens is 3. The minimum atomic E-state index is -4.68. The molecule has 2 aromatic rings. The van der Waals surface area contributed by atoms with Gasteiger partial charge in [-0.05, 0) is 37.6 Å². The second-order valence-electron chi connectivity index (χ2n) is 7.55. The molecule has 170 valence electrons. The number of para-hydroxylation sites is 1. The maximum absolute atomic E-state index is 13.0. The molecule has 1 amide bonds. The van der Waals surface area contributed by atoms with Gasteiger partial charge in [-0.1, -0.05) is 45.0 Å². The molecule has 0 saturated heterocycles. The zero-order chi connectivity index (χ0) is 23.4. The number of rotatable bonds is 8. The van der Waals surface area contributed by atoms with Crippen molar-refractivity contribution in [2.45, 2.75) is 57.8 Å². The number of alkyl halides is 3. The van der Waals surface area contributed by atoms with Crippen LogP contribution in [0.15, 0.2) is 53.4 Å². The van der Waals surface area contributed by atoms with Gasteiger partial charge >= 0.3 is 16.3 Å². The molecule has 0 unspecified atom stereocenters. The van der Waals surface area contributed by atoms with Crippen molar-refractivity contribution in [3.63, 3.8) is 0 Å². The van der Waals surface area contributed by atoms with Crippen molar-refractivity contribution in [2.75, 3.05) is 0 Å². The average Bonchev–Trinajstić information content (AvgIpc) is 2.71. The quantitative estimate of drug-likeness (QED) is 0.508. The lowest BCUT2D eigenvalue weighted by Crippen LogP contribution is -2.40. The number of hydrogen-bond acceptors (Lipinski definition) is 4. The third-order valence-corrected chi connectivity index (χ3v) is 6.09. The summed E-state index contributed by atoms with van der Waals surface area (Å²) in [7, 11) is -4.52. The zero-order valence-corrected chi connectivity index (χ0v) is 18.6. The van der Waals surface area contributed by atoms with Gasteiger partial charge in [0.15, 0.2) is 0 Å². The molecule has 0 aliphatic heterocycles. The van der Waals surface area contributed by atoms with E-state index in [0.717, 1.165) is 18.2 Å². The molecule has 1 atom stereocenters. The van der Waals surface area contributed by atoms with Crippen LogP contribution in [0.1, 0.15) is 45.2 Å². The van der Waals surface area contributed by atoms with Gasteiger partial charge in [-0.25, -0.2) is 0 Å². The normalized spacial score (nSPS) is 13.2. The van der Waals surface area contributed by atoms with E-state index in [9.17, 15) is 26.4 Å². The van der Waals surface area contributed by atoms with Crippen molar-refractivity contribution in [3.8, 4) is 5.75 Å². The minimum Gasteiger partial charge on any atom is -0.379 e. The smallest absolute Gasteiger partial charge is 0.379 e. The lowest BCUT2D eigenvalue weighted by atomic mass is 10.1. The molecule has 0 aliphatic carbocycles. The largest absolute Gasteiger partial charge is 0.416 e. The van der Waals surface area contributed by atoms with Crippen LogP contribution >= 0.6 is 0 Å². The summed E-state index contributed by atoms with van der Waals surface area (Å²) in [5.74, 6) is -0.384. The van der Waals surface area contributed by atoms with Crippen LogP contribution in [-0.4, -0.2) is 25.3 Å². The highest BCUT2D eigenvalue weighted by atomic mass is 32.2. The Labute approximate surface area is 181 Å². The van der Waals surface area contributed by atoms with Crippen LogP contribution in [0.4, 0.5) is 13.2 Å². The van der Waals surface area contributed by atoms with E-state index in [4.69, 9.17) is 4.18 Å². The second kappa shape index (κ2) is 9.72. The van der Waals surface area contributed by atoms with Crippen molar-refractivity contribution in [1.29, 1.82) is 0 Å². The van der Waals surface area contributed by atoms with Crippen LogP contribution in [0.2, 0.25) is 0 Å². The fraction of sp³-hybridized carbons (Fsp3) is 0.409. The Kier molecular flexibility index (Phi) is 7.75. The van der Waals surface area contributed by atoms with E-state index in [0.29, 0.717) is 18.1 Å². The topological polar surface area (TPSA) is 63.7 Å². The summed E-state index contributed by atoms with van der Waals surface area (Å²) < 4.78 is 69.5. The van der Waals surface area contributed by atoms with E-state index in [1.807, 2.05) is 13.8 Å². The SMILES string of the molecule is CC[C@H](C)N(Cc1ccccc1OS(=O)(=O)c1cccc(C(F)(F)F)c1)C(=O)C(C)C. The third-order valence-electron chi connectivity index (χ3n) is 4.86. The van der Waals surface area contributed by atoms with Gasteiger partial charge in [0.25, 0.3) is 0 Å². The van der Waals surface area contributed by atoms with E-state index in [1.165, 1.54) is 6.07 Å². The molecule has 0 heterocycles. The molecule has 0 radical (unpaired) electrons. The zero-order valence-electron chi connectivity index (χ0n) is 17.8. The monoisotopic (exact) mass is 457 g/mol. The van der Waals surface area contributed by atoms with Gasteiger partial charge < -0.3 is 9.08 Å². The molecular weight excluding hydrogens is 431 g/mol. The van der Waals surface area contributed by atoms with Gasteiger partial charge in [-0.3, -0.25) is 4.79 Å². The van der Waals surface area contributed by atoms with Crippen LogP contribution in [0.5, 0.6) is 5.75 Å². The Morgan fingerprint density at radius 1 is 1.06 bits per heavy atom. The van der Waals surface area contributed by atoms with Crippen molar-refractivity contribution < 1.29 is 30.6 Å². The molecule has 2 rings (SSSR count). The van der Waals surface area contributed by atoms with Gasteiger partial charge in [0.05, 0.1) is 5.56 Å². The summed E-state index contributed by atoms with van der Waals surface area (Å²) in [6, 6.07) is 9.54. The summed E-state index contributed by atoms with van der Waals surface area (Å²) in [5, 5.41) is 0. The Bertz CT molecular complexity index is 1020. The van der Waals surface area contributed by atoms with Crippen LogP contribution in [0.3, 0.4) is 0 Å². The fourth-order valence-corrected chi connectivity index (χ4v) is 3.91. The summed E-state index contributed by atoms with van der Waals surface area (Å²) in [5.41, 5.74) is -0.650. The number of nitrogens with zero attached hydrogens (tertiary/aromatic N) is 1. The maximum atomic E-state index is 13.0. The fourth-order valence-electron chi connectivity index (χ4n) is 2.90. The van der Waals surface area contributed by atoms with Crippen molar-refractivity contribution in [2.24, 2.45) is 5.92 Å². The Morgan fingerprint density at radius 2 is 1.71 bits per heavy atom. The first-order valence-corrected chi connectivity index (χ1v) is 11.3. The van der Waals surface area contributed by atoms with Gasteiger partial charge in [-0.2, -0.15) is 21.6 Å². The maximum Gasteiger partial charge on any atom is 0.416 e. The Balaban J connectivity index is 2.38. The lowest BCUT2D eigenvalue weighted by Gasteiger charge is -2.31. The highest BCUT2D eigenvalue weighted by Gasteiger charge is 2.32. The van der Waals surface area contributed by atoms with E-state index in [2.05, 4.69) is 0 Å². The number of amides is 1. The Hall–Kier alpha value is -2.55. The van der Waals surface area contributed by atoms with Crippen LogP contribution < -0.4 is 4.18 Å². The third kappa shape index (κ3) is 6.22. The Morgan fingerprint density at radius 3 is 2.29 bits per heavy atom. The molecule has 9 heteroatoms. The van der Waals surface area contributed by atoms with E-state index < -0.39 is 26.8 Å². The van der Waals surface area contributed by atoms with Gasteiger partial charge in [0, 0.05) is 24.1 Å². The average molecular weight is 458 g/mol. The highest BCUT2D eigenvalue weighted by Crippen LogP contribution is 2.32. The molecule has 0 spiro atoms. The lowest BCUT2D eigenvalue weighted by molar-refractivity contribution is -0.138. The molecule has 2 aromatic carbocycles. The van der Waals surface area contributed by atoms with Gasteiger partial charge in [-0.15, -0.1) is 0 Å². The molecule has 0 N–H and O–H groups in total. The molecule has 31 heavy (non-hydrogen) atoms. The number of carbonyl (C=O) groups is 1. The molecule has 5 nitrogen and oxygen atoms in total. The second-order valence-corrected chi connectivity index (χ2v) is 9.10. The van der Waals surface area contributed by atoms with Crippen molar-refractivity contribution in [3.05, 3.63) is 59.7 Å². The van der Waals surface area contributed by atoms with Crippen LogP contribution in [0.25, 0.3) is 0 Å². The van der Waals surface area contributed by atoms with Crippen LogP contribution in [0, 0.1) is 5.92 Å². The van der Waals surface area contributed by atoms with E-state index in [-0.39, 0.29) is 30.2 Å². The molecular formula is C22H26F3NO4S. The van der Waals surface area contributed by atoms with E-state index in [1.54, 1.807) is 36.9 Å². The first-order chi connectivity index (χ1) is 14.4. The molecule has 0 saturated carbocycles. The van der Waals surface area contributed by atoms with Gasteiger partial charge in [0.2, 0.25) is 5.91 Å². The highest BCUT2D eigenvalue weighted by molar-refractivity contribution is 7.87. The predicted molar refractivity (Wildman–Crippen MR) is 111 cm³/mol. The number of carbonyl (C=O) groups excluding carboxylic acids is 1. The number of hydrogen-bond donors (Lipinski definition) is 0. The summed E-state index contributed by atoms with van der Waals surface area (Å²) in [4.78, 5) is 13.7. The molecule has 0 bridgehead atoms.